The molecular weight excluding hydrogens is 238 g/mol. The number of anilines is 1. The van der Waals surface area contributed by atoms with Crippen molar-refractivity contribution in [2.75, 3.05) is 11.4 Å². The van der Waals surface area contributed by atoms with Gasteiger partial charge in [0.1, 0.15) is 0 Å². The average molecular weight is 259 g/mol. The van der Waals surface area contributed by atoms with E-state index in [9.17, 15) is 9.90 Å². The van der Waals surface area contributed by atoms with Crippen LogP contribution in [0.15, 0.2) is 24.3 Å². The number of carbonyl (C=O) groups is 1. The third-order valence-electron chi connectivity index (χ3n) is 4.69. The van der Waals surface area contributed by atoms with E-state index in [0.29, 0.717) is 11.6 Å². The third-order valence-corrected chi connectivity index (χ3v) is 4.69. The number of hydrogen-bond acceptors (Lipinski definition) is 2. The number of nitrogens with zero attached hydrogens (tertiary/aromatic N) is 1. The highest BCUT2D eigenvalue weighted by Crippen LogP contribution is 2.38. The Morgan fingerprint density at radius 3 is 2.68 bits per heavy atom. The van der Waals surface area contributed by atoms with Crippen LogP contribution in [0.3, 0.4) is 0 Å². The van der Waals surface area contributed by atoms with Gasteiger partial charge in [-0.3, -0.25) is 0 Å². The zero-order chi connectivity index (χ0) is 13.2. The molecule has 2 fully saturated rings. The van der Waals surface area contributed by atoms with E-state index < -0.39 is 5.97 Å². The summed E-state index contributed by atoms with van der Waals surface area (Å²) in [5.41, 5.74) is 1.38. The predicted octanol–water partition coefficient (Wildman–Crippen LogP) is 3.54. The first-order chi connectivity index (χ1) is 9.27. The maximum Gasteiger partial charge on any atom is 0.337 e. The maximum absolute atomic E-state index is 11.4. The van der Waals surface area contributed by atoms with Crippen LogP contribution in [-0.2, 0) is 0 Å². The molecule has 0 amide bonds. The number of hydrogen-bond donors (Lipinski definition) is 1. The fourth-order valence-corrected chi connectivity index (χ4v) is 3.83. The molecule has 1 heterocycles. The van der Waals surface area contributed by atoms with Gasteiger partial charge < -0.3 is 10.0 Å². The van der Waals surface area contributed by atoms with E-state index in [1.54, 1.807) is 6.07 Å². The van der Waals surface area contributed by atoms with Crippen LogP contribution in [0, 0.1) is 5.92 Å². The second kappa shape index (κ2) is 5.24. The molecule has 1 aromatic rings. The summed E-state index contributed by atoms with van der Waals surface area (Å²) in [4.78, 5) is 13.8. The van der Waals surface area contributed by atoms with Crippen molar-refractivity contribution in [1.29, 1.82) is 0 Å². The molecule has 3 rings (SSSR count). The van der Waals surface area contributed by atoms with Crippen LogP contribution in [0.2, 0.25) is 0 Å². The molecule has 1 saturated carbocycles. The fraction of sp³-hybridized carbons (Fsp3) is 0.562. The zero-order valence-electron chi connectivity index (χ0n) is 11.2. The minimum Gasteiger partial charge on any atom is -0.478 e. The van der Waals surface area contributed by atoms with Gasteiger partial charge in [0.25, 0.3) is 0 Å². The van der Waals surface area contributed by atoms with Crippen molar-refractivity contribution in [2.45, 2.75) is 44.6 Å². The monoisotopic (exact) mass is 259 g/mol. The van der Waals surface area contributed by atoms with Crippen LogP contribution in [0.1, 0.15) is 48.9 Å². The van der Waals surface area contributed by atoms with Gasteiger partial charge >= 0.3 is 5.97 Å². The summed E-state index contributed by atoms with van der Waals surface area (Å²) >= 11 is 0. The van der Waals surface area contributed by atoms with Crippen molar-refractivity contribution in [3.63, 3.8) is 0 Å². The van der Waals surface area contributed by atoms with Crippen molar-refractivity contribution < 1.29 is 9.90 Å². The summed E-state index contributed by atoms with van der Waals surface area (Å²) in [6.45, 7) is 1.01. The number of carboxylic acid groups (broad SMARTS) is 1. The number of fused-ring (bicyclic) bond motifs is 1. The first-order valence-electron chi connectivity index (χ1n) is 7.36. The Labute approximate surface area is 114 Å². The topological polar surface area (TPSA) is 40.5 Å². The van der Waals surface area contributed by atoms with Crippen LogP contribution < -0.4 is 4.90 Å². The Bertz CT molecular complexity index is 470. The Morgan fingerprint density at radius 1 is 1.11 bits per heavy atom. The van der Waals surface area contributed by atoms with Gasteiger partial charge in [-0.15, -0.1) is 0 Å². The molecule has 0 unspecified atom stereocenters. The van der Waals surface area contributed by atoms with Gasteiger partial charge in [-0.25, -0.2) is 4.79 Å². The Balaban J connectivity index is 1.94. The van der Waals surface area contributed by atoms with E-state index in [1.807, 2.05) is 18.2 Å². The maximum atomic E-state index is 11.4. The van der Waals surface area contributed by atoms with Crippen LogP contribution in [0.5, 0.6) is 0 Å². The largest absolute Gasteiger partial charge is 0.478 e. The molecule has 2 atom stereocenters. The summed E-state index contributed by atoms with van der Waals surface area (Å²) in [5.74, 6) is -0.0436. The summed E-state index contributed by atoms with van der Waals surface area (Å²) < 4.78 is 0. The quantitative estimate of drug-likeness (QED) is 0.883. The summed E-state index contributed by atoms with van der Waals surface area (Å²) in [5, 5.41) is 9.37. The Kier molecular flexibility index (Phi) is 3.45. The standard InChI is InChI=1S/C16H21NO2/c18-16(19)13-8-2-4-10-15(13)17-11-5-7-12-6-1-3-9-14(12)17/h2,4,8,10,12,14H,1,3,5-7,9,11H2,(H,18,19)/t12-,14-/m1/s1. The predicted molar refractivity (Wildman–Crippen MR) is 75.7 cm³/mol. The molecule has 1 aliphatic heterocycles. The molecule has 0 radical (unpaired) electrons. The third kappa shape index (κ3) is 2.34. The summed E-state index contributed by atoms with van der Waals surface area (Å²) in [6, 6.07) is 8.02. The number of aromatic carboxylic acids is 1. The molecule has 0 aromatic heterocycles. The second-order valence-electron chi connectivity index (χ2n) is 5.77. The van der Waals surface area contributed by atoms with Gasteiger partial charge in [0.05, 0.1) is 11.3 Å². The van der Waals surface area contributed by atoms with Gasteiger partial charge in [0, 0.05) is 12.6 Å². The van der Waals surface area contributed by atoms with Crippen LogP contribution in [-0.4, -0.2) is 23.7 Å². The number of carboxylic acids is 1. The van der Waals surface area contributed by atoms with E-state index in [4.69, 9.17) is 0 Å². The number of para-hydroxylation sites is 1. The highest BCUT2D eigenvalue weighted by molar-refractivity contribution is 5.94. The van der Waals surface area contributed by atoms with Crippen LogP contribution in [0.25, 0.3) is 0 Å². The van der Waals surface area contributed by atoms with E-state index >= 15 is 0 Å². The van der Waals surface area contributed by atoms with E-state index in [2.05, 4.69) is 4.90 Å². The number of rotatable bonds is 2. The lowest BCUT2D eigenvalue weighted by Crippen LogP contribution is -2.47. The highest BCUT2D eigenvalue weighted by atomic mass is 16.4. The second-order valence-corrected chi connectivity index (χ2v) is 5.77. The van der Waals surface area contributed by atoms with Gasteiger partial charge in [-0.1, -0.05) is 25.0 Å². The van der Waals surface area contributed by atoms with Crippen LogP contribution in [0.4, 0.5) is 5.69 Å². The van der Waals surface area contributed by atoms with E-state index in [1.165, 1.54) is 38.5 Å². The molecule has 102 valence electrons. The number of benzene rings is 1. The minimum atomic E-state index is -0.812. The molecule has 1 saturated heterocycles. The molecule has 1 N–H and O–H groups in total. The summed E-state index contributed by atoms with van der Waals surface area (Å²) in [6.07, 6.45) is 7.67. The zero-order valence-corrected chi connectivity index (χ0v) is 11.2. The molecule has 2 aliphatic rings. The minimum absolute atomic E-state index is 0.453. The SMILES string of the molecule is O=C(O)c1ccccc1N1CCC[C@H]2CCCC[C@H]21. The molecule has 3 nitrogen and oxygen atoms in total. The lowest BCUT2D eigenvalue weighted by molar-refractivity contribution is 0.0697. The van der Waals surface area contributed by atoms with E-state index in [0.717, 1.165) is 18.2 Å². The van der Waals surface area contributed by atoms with Crippen molar-refractivity contribution in [1.82, 2.24) is 0 Å². The fourth-order valence-electron chi connectivity index (χ4n) is 3.83. The first-order valence-corrected chi connectivity index (χ1v) is 7.36. The molecule has 3 heteroatoms. The molecule has 0 bridgehead atoms. The summed E-state index contributed by atoms with van der Waals surface area (Å²) in [7, 11) is 0. The highest BCUT2D eigenvalue weighted by Gasteiger charge is 2.34. The molecule has 19 heavy (non-hydrogen) atoms. The normalized spacial score (nSPS) is 26.8. The van der Waals surface area contributed by atoms with Gasteiger partial charge in [-0.2, -0.15) is 0 Å². The van der Waals surface area contributed by atoms with Crippen LogP contribution >= 0.6 is 0 Å². The van der Waals surface area contributed by atoms with Crippen molar-refractivity contribution >= 4 is 11.7 Å². The number of piperidine rings is 1. The average Bonchev–Trinajstić information content (AvgIpc) is 2.46. The smallest absolute Gasteiger partial charge is 0.337 e. The Morgan fingerprint density at radius 2 is 1.84 bits per heavy atom. The lowest BCUT2D eigenvalue weighted by atomic mass is 9.78. The van der Waals surface area contributed by atoms with E-state index in [-0.39, 0.29) is 0 Å². The van der Waals surface area contributed by atoms with Gasteiger partial charge in [-0.05, 0) is 43.7 Å². The Hall–Kier alpha value is -1.51. The van der Waals surface area contributed by atoms with Crippen molar-refractivity contribution in [3.8, 4) is 0 Å². The molecular formula is C16H21NO2. The first kappa shape index (κ1) is 12.5. The molecule has 0 spiro atoms. The van der Waals surface area contributed by atoms with Crippen molar-refractivity contribution in [2.24, 2.45) is 5.92 Å². The van der Waals surface area contributed by atoms with Crippen molar-refractivity contribution in [3.05, 3.63) is 29.8 Å². The molecule has 1 aromatic carbocycles. The lowest BCUT2D eigenvalue weighted by Gasteiger charge is -2.45. The molecule has 1 aliphatic carbocycles. The van der Waals surface area contributed by atoms with Gasteiger partial charge in [0.2, 0.25) is 0 Å². The van der Waals surface area contributed by atoms with Gasteiger partial charge in [0.15, 0.2) is 0 Å².